The molecule has 0 fully saturated rings. The Morgan fingerprint density at radius 3 is 2.55 bits per heavy atom. The van der Waals surface area contributed by atoms with Crippen molar-refractivity contribution in [2.24, 2.45) is 5.41 Å². The maximum Gasteiger partial charge on any atom is 0.134 e. The molecule has 0 radical (unpaired) electrons. The van der Waals surface area contributed by atoms with E-state index in [2.05, 4.69) is 57.3 Å². The quantitative estimate of drug-likeness (QED) is 0.821. The molecule has 2 heteroatoms. The fourth-order valence-electron chi connectivity index (χ4n) is 2.79. The van der Waals surface area contributed by atoms with Crippen LogP contribution in [0.1, 0.15) is 57.9 Å². The lowest BCUT2D eigenvalue weighted by Gasteiger charge is -2.28. The lowest BCUT2D eigenvalue weighted by atomic mass is 9.85. The van der Waals surface area contributed by atoms with Gasteiger partial charge in [-0.2, -0.15) is 0 Å². The molecule has 0 aliphatic rings. The Kier molecular flexibility index (Phi) is 4.54. The number of hydrogen-bond acceptors (Lipinski definition) is 2. The first kappa shape index (κ1) is 15.1. The van der Waals surface area contributed by atoms with Crippen molar-refractivity contribution in [3.8, 4) is 0 Å². The summed E-state index contributed by atoms with van der Waals surface area (Å²) in [6.07, 6.45) is 3.64. The number of fused-ring (bicyclic) bond motifs is 1. The third kappa shape index (κ3) is 3.24. The summed E-state index contributed by atoms with van der Waals surface area (Å²) in [5.74, 6) is 1.03. The number of hydrogen-bond donors (Lipinski definition) is 1. The number of benzene rings is 1. The molecule has 110 valence electrons. The molecule has 1 aromatic heterocycles. The van der Waals surface area contributed by atoms with Crippen LogP contribution in [0.2, 0.25) is 0 Å². The Balaban J connectivity index is 2.33. The number of aryl methyl sites for hydroxylation is 1. The lowest BCUT2D eigenvalue weighted by Crippen LogP contribution is -2.29. The first-order valence-electron chi connectivity index (χ1n) is 7.65. The standard InChI is InChI=1S/C18H27NO/c1-6-7-8-13-9-10-15-14(11-13)12-16(20-15)17(19-5)18(2,3)4/h9-12,17,19H,6-8H2,1-5H3. The third-order valence-electron chi connectivity index (χ3n) is 3.86. The fraction of sp³-hybridized carbons (Fsp3) is 0.556. The van der Waals surface area contributed by atoms with Crippen molar-refractivity contribution >= 4 is 11.0 Å². The monoisotopic (exact) mass is 273 g/mol. The second-order valence-electron chi connectivity index (χ2n) is 6.71. The largest absolute Gasteiger partial charge is 0.459 e. The Morgan fingerprint density at radius 2 is 1.95 bits per heavy atom. The highest BCUT2D eigenvalue weighted by molar-refractivity contribution is 5.78. The van der Waals surface area contributed by atoms with E-state index in [0.717, 1.165) is 17.8 Å². The summed E-state index contributed by atoms with van der Waals surface area (Å²) < 4.78 is 6.04. The van der Waals surface area contributed by atoms with E-state index >= 15 is 0 Å². The fourth-order valence-corrected chi connectivity index (χ4v) is 2.79. The van der Waals surface area contributed by atoms with E-state index in [0.29, 0.717) is 0 Å². The number of rotatable bonds is 5. The van der Waals surface area contributed by atoms with Gasteiger partial charge in [-0.3, -0.25) is 0 Å². The molecule has 1 unspecified atom stereocenters. The summed E-state index contributed by atoms with van der Waals surface area (Å²) >= 11 is 0. The Labute approximate surface area is 122 Å². The molecular weight excluding hydrogens is 246 g/mol. The van der Waals surface area contributed by atoms with Crippen LogP contribution in [0.3, 0.4) is 0 Å². The number of furan rings is 1. The van der Waals surface area contributed by atoms with Crippen LogP contribution in [-0.2, 0) is 6.42 Å². The van der Waals surface area contributed by atoms with Crippen LogP contribution < -0.4 is 5.32 Å². The van der Waals surface area contributed by atoms with Crippen LogP contribution in [-0.4, -0.2) is 7.05 Å². The Bertz CT molecular complexity index is 562. The van der Waals surface area contributed by atoms with Gasteiger partial charge in [0.05, 0.1) is 6.04 Å². The van der Waals surface area contributed by atoms with Crippen LogP contribution in [0.4, 0.5) is 0 Å². The van der Waals surface area contributed by atoms with Gasteiger partial charge < -0.3 is 9.73 Å². The van der Waals surface area contributed by atoms with Gasteiger partial charge in [-0.25, -0.2) is 0 Å². The SMILES string of the molecule is CCCCc1ccc2oc(C(NC)C(C)(C)C)cc2c1. The van der Waals surface area contributed by atoms with Crippen molar-refractivity contribution in [2.45, 2.75) is 53.0 Å². The summed E-state index contributed by atoms with van der Waals surface area (Å²) in [5.41, 5.74) is 2.53. The predicted octanol–water partition coefficient (Wildman–Crippen LogP) is 5.08. The Hall–Kier alpha value is -1.28. The molecule has 20 heavy (non-hydrogen) atoms. The van der Waals surface area contributed by atoms with Gasteiger partial charge in [-0.15, -0.1) is 0 Å². The molecule has 0 aliphatic carbocycles. The first-order valence-corrected chi connectivity index (χ1v) is 7.65. The van der Waals surface area contributed by atoms with E-state index < -0.39 is 0 Å². The van der Waals surface area contributed by atoms with Crippen molar-refractivity contribution in [1.82, 2.24) is 5.32 Å². The molecule has 0 bridgehead atoms. The zero-order chi connectivity index (χ0) is 14.8. The van der Waals surface area contributed by atoms with Crippen LogP contribution in [0, 0.1) is 5.41 Å². The van der Waals surface area contributed by atoms with Crippen LogP contribution in [0.25, 0.3) is 11.0 Å². The highest BCUT2D eigenvalue weighted by Gasteiger charge is 2.27. The molecule has 1 aromatic carbocycles. The van der Waals surface area contributed by atoms with Gasteiger partial charge in [0, 0.05) is 5.39 Å². The molecule has 0 saturated carbocycles. The highest BCUT2D eigenvalue weighted by Crippen LogP contribution is 2.35. The van der Waals surface area contributed by atoms with E-state index in [1.54, 1.807) is 0 Å². The summed E-state index contributed by atoms with van der Waals surface area (Å²) in [6.45, 7) is 8.92. The molecule has 2 nitrogen and oxygen atoms in total. The summed E-state index contributed by atoms with van der Waals surface area (Å²) in [5, 5.41) is 4.59. The molecule has 1 heterocycles. The van der Waals surface area contributed by atoms with Crippen molar-refractivity contribution < 1.29 is 4.42 Å². The second kappa shape index (κ2) is 6.01. The zero-order valence-electron chi connectivity index (χ0n) is 13.4. The van der Waals surface area contributed by atoms with Crippen LogP contribution >= 0.6 is 0 Å². The van der Waals surface area contributed by atoms with Gasteiger partial charge in [0.2, 0.25) is 0 Å². The van der Waals surface area contributed by atoms with Gasteiger partial charge >= 0.3 is 0 Å². The normalized spacial score (nSPS) is 13.8. The van der Waals surface area contributed by atoms with E-state index in [1.807, 2.05) is 7.05 Å². The second-order valence-corrected chi connectivity index (χ2v) is 6.71. The molecule has 1 atom stereocenters. The first-order chi connectivity index (χ1) is 9.45. The van der Waals surface area contributed by atoms with Gasteiger partial charge in [-0.05, 0) is 49.1 Å². The third-order valence-corrected chi connectivity index (χ3v) is 3.86. The Morgan fingerprint density at radius 1 is 1.20 bits per heavy atom. The highest BCUT2D eigenvalue weighted by atomic mass is 16.3. The van der Waals surface area contributed by atoms with E-state index in [1.165, 1.54) is 23.8 Å². The summed E-state index contributed by atoms with van der Waals surface area (Å²) in [4.78, 5) is 0. The average Bonchev–Trinajstić information content (AvgIpc) is 2.77. The van der Waals surface area contributed by atoms with Crippen molar-refractivity contribution in [3.63, 3.8) is 0 Å². The zero-order valence-corrected chi connectivity index (χ0v) is 13.4. The van der Waals surface area contributed by atoms with Crippen LogP contribution in [0.5, 0.6) is 0 Å². The predicted molar refractivity (Wildman–Crippen MR) is 86.1 cm³/mol. The van der Waals surface area contributed by atoms with Gasteiger partial charge in [-0.1, -0.05) is 40.2 Å². The topological polar surface area (TPSA) is 25.2 Å². The molecule has 2 rings (SSSR count). The van der Waals surface area contributed by atoms with Gasteiger partial charge in [0.25, 0.3) is 0 Å². The van der Waals surface area contributed by atoms with Crippen molar-refractivity contribution in [3.05, 3.63) is 35.6 Å². The molecule has 1 N–H and O–H groups in total. The number of unbranched alkanes of at least 4 members (excludes halogenated alkanes) is 1. The lowest BCUT2D eigenvalue weighted by molar-refractivity contribution is 0.253. The molecule has 2 aromatic rings. The maximum atomic E-state index is 6.04. The minimum Gasteiger partial charge on any atom is -0.459 e. The van der Waals surface area contributed by atoms with E-state index in [-0.39, 0.29) is 11.5 Å². The van der Waals surface area contributed by atoms with Crippen molar-refractivity contribution in [2.75, 3.05) is 7.05 Å². The summed E-state index contributed by atoms with van der Waals surface area (Å²) in [6, 6.07) is 8.99. The number of nitrogens with one attached hydrogen (secondary N) is 1. The molecule has 0 amide bonds. The van der Waals surface area contributed by atoms with Gasteiger partial charge in [0.1, 0.15) is 11.3 Å². The van der Waals surface area contributed by atoms with E-state index in [9.17, 15) is 0 Å². The van der Waals surface area contributed by atoms with Crippen molar-refractivity contribution in [1.29, 1.82) is 0 Å². The van der Waals surface area contributed by atoms with Crippen LogP contribution in [0.15, 0.2) is 28.7 Å². The molecular formula is C18H27NO. The summed E-state index contributed by atoms with van der Waals surface area (Å²) in [7, 11) is 2.00. The molecule has 0 saturated heterocycles. The molecule has 0 spiro atoms. The average molecular weight is 273 g/mol. The molecule has 0 aliphatic heterocycles. The van der Waals surface area contributed by atoms with Gasteiger partial charge in [0.15, 0.2) is 0 Å². The smallest absolute Gasteiger partial charge is 0.134 e. The van der Waals surface area contributed by atoms with E-state index in [4.69, 9.17) is 4.42 Å². The minimum atomic E-state index is 0.133. The maximum absolute atomic E-state index is 6.04. The minimum absolute atomic E-state index is 0.133.